The number of hydrogen-bond acceptors (Lipinski definition) is 3. The van der Waals surface area contributed by atoms with Crippen LogP contribution in [0, 0.1) is 0 Å². The zero-order chi connectivity index (χ0) is 14.5. The Labute approximate surface area is 117 Å². The van der Waals surface area contributed by atoms with Crippen molar-refractivity contribution in [3.63, 3.8) is 0 Å². The molecular formula is C15H17NO4. The minimum Gasteiger partial charge on any atom is -0.478 e. The summed E-state index contributed by atoms with van der Waals surface area (Å²) in [4.78, 5) is 24.4. The van der Waals surface area contributed by atoms with E-state index in [1.54, 1.807) is 17.0 Å². The van der Waals surface area contributed by atoms with Crippen LogP contribution in [0.1, 0.15) is 21.5 Å². The topological polar surface area (TPSA) is 66.8 Å². The van der Waals surface area contributed by atoms with Gasteiger partial charge in [0.25, 0.3) is 0 Å². The Kier molecular flexibility index (Phi) is 4.40. The molecule has 0 aliphatic carbocycles. The van der Waals surface area contributed by atoms with Crippen molar-refractivity contribution in [2.24, 2.45) is 0 Å². The van der Waals surface area contributed by atoms with Gasteiger partial charge in [-0.2, -0.15) is 0 Å². The second kappa shape index (κ2) is 6.23. The van der Waals surface area contributed by atoms with E-state index in [0.717, 1.165) is 11.1 Å². The lowest BCUT2D eigenvalue weighted by molar-refractivity contribution is 0.0696. The number of nitrogens with zero attached hydrogens (tertiary/aromatic N) is 1. The van der Waals surface area contributed by atoms with E-state index in [4.69, 9.17) is 9.84 Å². The Morgan fingerprint density at radius 3 is 2.65 bits per heavy atom. The average molecular weight is 275 g/mol. The largest absolute Gasteiger partial charge is 0.478 e. The summed E-state index contributed by atoms with van der Waals surface area (Å²) in [5, 5.41) is 9.00. The minimum absolute atomic E-state index is 0.200. The third kappa shape index (κ3) is 3.17. The average Bonchev–Trinajstić information content (AvgIpc) is 2.66. The summed E-state index contributed by atoms with van der Waals surface area (Å²) >= 11 is 0. The van der Waals surface area contributed by atoms with Crippen LogP contribution in [-0.4, -0.2) is 41.8 Å². The van der Waals surface area contributed by atoms with Crippen LogP contribution in [0.25, 0.3) is 0 Å². The monoisotopic (exact) mass is 275 g/mol. The van der Waals surface area contributed by atoms with Gasteiger partial charge in [-0.25, -0.2) is 9.59 Å². The molecule has 1 heterocycles. The molecule has 20 heavy (non-hydrogen) atoms. The van der Waals surface area contributed by atoms with E-state index in [1.165, 1.54) is 6.08 Å². The summed E-state index contributed by atoms with van der Waals surface area (Å²) in [7, 11) is 0. The molecule has 0 saturated carbocycles. The van der Waals surface area contributed by atoms with Gasteiger partial charge in [0, 0.05) is 13.1 Å². The number of fused-ring (bicyclic) bond motifs is 1. The van der Waals surface area contributed by atoms with Crippen molar-refractivity contribution in [1.82, 2.24) is 4.90 Å². The SMILES string of the molecule is C=CCOC(=O)N1CCc2ccc(C(=O)O)cc2CC1. The second-order valence-electron chi connectivity index (χ2n) is 4.64. The van der Waals surface area contributed by atoms with Crippen LogP contribution in [0.3, 0.4) is 0 Å². The second-order valence-corrected chi connectivity index (χ2v) is 4.64. The van der Waals surface area contributed by atoms with Gasteiger partial charge in [0.05, 0.1) is 5.56 Å². The summed E-state index contributed by atoms with van der Waals surface area (Å²) < 4.78 is 5.02. The molecule has 5 heteroatoms. The van der Waals surface area contributed by atoms with Crippen molar-refractivity contribution in [1.29, 1.82) is 0 Å². The zero-order valence-electron chi connectivity index (χ0n) is 11.2. The first-order valence-corrected chi connectivity index (χ1v) is 6.49. The molecule has 0 atom stereocenters. The number of carboxylic acids is 1. The van der Waals surface area contributed by atoms with E-state index in [-0.39, 0.29) is 18.3 Å². The number of benzene rings is 1. The third-order valence-corrected chi connectivity index (χ3v) is 3.34. The van der Waals surface area contributed by atoms with E-state index in [9.17, 15) is 9.59 Å². The van der Waals surface area contributed by atoms with Crippen LogP contribution in [0.2, 0.25) is 0 Å². The first kappa shape index (κ1) is 14.1. The number of carbonyl (C=O) groups is 2. The fraction of sp³-hybridized carbons (Fsp3) is 0.333. The predicted octanol–water partition coefficient (Wildman–Crippen LogP) is 2.11. The van der Waals surface area contributed by atoms with E-state index < -0.39 is 5.97 Å². The predicted molar refractivity (Wildman–Crippen MR) is 73.9 cm³/mol. The van der Waals surface area contributed by atoms with Crippen LogP contribution in [0.4, 0.5) is 4.79 Å². The molecule has 1 aliphatic heterocycles. The maximum absolute atomic E-state index is 11.8. The van der Waals surface area contributed by atoms with Gasteiger partial charge in [-0.3, -0.25) is 0 Å². The highest BCUT2D eigenvalue weighted by Gasteiger charge is 2.20. The van der Waals surface area contributed by atoms with Gasteiger partial charge in [-0.15, -0.1) is 0 Å². The molecule has 1 aromatic rings. The van der Waals surface area contributed by atoms with Crippen LogP contribution in [0.15, 0.2) is 30.9 Å². The third-order valence-electron chi connectivity index (χ3n) is 3.34. The van der Waals surface area contributed by atoms with E-state index >= 15 is 0 Å². The lowest BCUT2D eigenvalue weighted by atomic mass is 10.0. The molecule has 1 N–H and O–H groups in total. The first-order valence-electron chi connectivity index (χ1n) is 6.49. The molecule has 0 bridgehead atoms. The van der Waals surface area contributed by atoms with Gasteiger partial charge in [0.1, 0.15) is 6.61 Å². The molecule has 1 aromatic carbocycles. The summed E-state index contributed by atoms with van der Waals surface area (Å²) in [5.41, 5.74) is 2.37. The fourth-order valence-electron chi connectivity index (χ4n) is 2.26. The molecule has 2 rings (SSSR count). The van der Waals surface area contributed by atoms with Gasteiger partial charge >= 0.3 is 12.1 Å². The number of rotatable bonds is 3. The van der Waals surface area contributed by atoms with Crippen LogP contribution < -0.4 is 0 Å². The van der Waals surface area contributed by atoms with Crippen molar-refractivity contribution < 1.29 is 19.4 Å². The van der Waals surface area contributed by atoms with Crippen molar-refractivity contribution in [3.05, 3.63) is 47.5 Å². The Balaban J connectivity index is 2.08. The van der Waals surface area contributed by atoms with E-state index in [0.29, 0.717) is 25.9 Å². The van der Waals surface area contributed by atoms with Crippen molar-refractivity contribution >= 4 is 12.1 Å². The van der Waals surface area contributed by atoms with Crippen molar-refractivity contribution in [2.75, 3.05) is 19.7 Å². The van der Waals surface area contributed by atoms with Crippen molar-refractivity contribution in [3.8, 4) is 0 Å². The number of aromatic carboxylic acids is 1. The standard InChI is InChI=1S/C15H17NO4/c1-2-9-20-15(19)16-7-5-11-3-4-13(14(17)18)10-12(11)6-8-16/h2-4,10H,1,5-9H2,(H,17,18). The highest BCUT2D eigenvalue weighted by atomic mass is 16.6. The molecule has 0 fully saturated rings. The number of carboxylic acid groups (broad SMARTS) is 1. The highest BCUT2D eigenvalue weighted by molar-refractivity contribution is 5.87. The number of amides is 1. The smallest absolute Gasteiger partial charge is 0.410 e. The Morgan fingerprint density at radius 2 is 2.00 bits per heavy atom. The maximum Gasteiger partial charge on any atom is 0.410 e. The fourth-order valence-corrected chi connectivity index (χ4v) is 2.26. The van der Waals surface area contributed by atoms with E-state index in [2.05, 4.69) is 6.58 Å². The quantitative estimate of drug-likeness (QED) is 0.858. The van der Waals surface area contributed by atoms with Gasteiger partial charge in [0.2, 0.25) is 0 Å². The van der Waals surface area contributed by atoms with Gasteiger partial charge < -0.3 is 14.7 Å². The molecule has 0 aromatic heterocycles. The van der Waals surface area contributed by atoms with Crippen LogP contribution >= 0.6 is 0 Å². The number of hydrogen-bond donors (Lipinski definition) is 1. The van der Waals surface area contributed by atoms with Gasteiger partial charge in [0.15, 0.2) is 0 Å². The van der Waals surface area contributed by atoms with Gasteiger partial charge in [-0.05, 0) is 36.1 Å². The van der Waals surface area contributed by atoms with E-state index in [1.807, 2.05) is 6.07 Å². The summed E-state index contributed by atoms with van der Waals surface area (Å²) in [6, 6.07) is 5.13. The van der Waals surface area contributed by atoms with Crippen LogP contribution in [0.5, 0.6) is 0 Å². The normalized spacial score (nSPS) is 14.1. The maximum atomic E-state index is 11.8. The molecule has 0 radical (unpaired) electrons. The molecule has 0 saturated heterocycles. The zero-order valence-corrected chi connectivity index (χ0v) is 11.2. The summed E-state index contributed by atoms with van der Waals surface area (Å²) in [6.07, 6.45) is 2.53. The van der Waals surface area contributed by atoms with Crippen molar-refractivity contribution in [2.45, 2.75) is 12.8 Å². The Hall–Kier alpha value is -2.30. The molecule has 1 aliphatic rings. The Morgan fingerprint density at radius 1 is 1.30 bits per heavy atom. The molecule has 5 nitrogen and oxygen atoms in total. The molecule has 1 amide bonds. The van der Waals surface area contributed by atoms with Gasteiger partial charge in [-0.1, -0.05) is 18.7 Å². The first-order chi connectivity index (χ1) is 9.61. The molecule has 0 unspecified atom stereocenters. The summed E-state index contributed by atoms with van der Waals surface area (Å²) in [5.74, 6) is -0.931. The molecular weight excluding hydrogens is 258 g/mol. The highest BCUT2D eigenvalue weighted by Crippen LogP contribution is 2.18. The lowest BCUT2D eigenvalue weighted by Gasteiger charge is -2.18. The summed E-state index contributed by atoms with van der Waals surface area (Å²) in [6.45, 7) is 4.82. The van der Waals surface area contributed by atoms with Crippen LogP contribution in [-0.2, 0) is 17.6 Å². The Bertz CT molecular complexity index is 539. The molecule has 106 valence electrons. The lowest BCUT2D eigenvalue weighted by Crippen LogP contribution is -2.33. The number of ether oxygens (including phenoxy) is 1. The minimum atomic E-state index is -0.931. The molecule has 0 spiro atoms. The number of carbonyl (C=O) groups excluding carboxylic acids is 1.